The largest absolute Gasteiger partial charge is 0.367 e. The Balaban J connectivity index is 1.19. The van der Waals surface area contributed by atoms with E-state index in [2.05, 4.69) is 65.2 Å². The molecule has 4 bridgehead atoms. The number of hydrogen-bond donors (Lipinski definition) is 4. The second-order valence-electron chi connectivity index (χ2n) is 16.7. The third kappa shape index (κ3) is 6.23. The minimum absolute atomic E-state index is 0.0150. The van der Waals surface area contributed by atoms with Crippen LogP contribution in [0.1, 0.15) is 102 Å². The van der Waals surface area contributed by atoms with Gasteiger partial charge in [-0.25, -0.2) is 14.7 Å². The molecular weight excluding hydrogens is 614 g/mol. The molecule has 2 aromatic heterocycles. The molecule has 2 aliphatic carbocycles. The van der Waals surface area contributed by atoms with Gasteiger partial charge < -0.3 is 20.9 Å². The lowest BCUT2D eigenvalue weighted by atomic mass is 9.60. The molecule has 2 saturated carbocycles. The molecule has 5 heterocycles. The van der Waals surface area contributed by atoms with Gasteiger partial charge in [0, 0.05) is 41.7 Å². The maximum absolute atomic E-state index is 13.7. The number of nitrogens with zero attached hydrogens (tertiary/aromatic N) is 3. The van der Waals surface area contributed by atoms with E-state index >= 15 is 0 Å². The molecule has 4 N–H and O–H groups in total. The van der Waals surface area contributed by atoms with Gasteiger partial charge in [0.2, 0.25) is 5.91 Å². The van der Waals surface area contributed by atoms with Crippen LogP contribution in [-0.2, 0) is 20.2 Å². The molecule has 3 aliphatic heterocycles. The summed E-state index contributed by atoms with van der Waals surface area (Å²) in [5.74, 6) is 0.518. The highest BCUT2D eigenvalue weighted by Gasteiger charge is 2.63. The number of amides is 2. The Morgan fingerprint density at radius 2 is 1.81 bits per heavy atom. The molecule has 5 aliphatic rings. The fraction of sp³-hybridized carbons (Fsp3) is 0.657. The Morgan fingerprint density at radius 3 is 2.53 bits per heavy atom. The van der Waals surface area contributed by atoms with Crippen LogP contribution in [0.2, 0.25) is 0 Å². The van der Waals surface area contributed by atoms with Crippen molar-refractivity contribution in [3.05, 3.63) is 41.6 Å². The molecule has 47 heavy (non-hydrogen) atoms. The van der Waals surface area contributed by atoms with Crippen LogP contribution in [0.5, 0.6) is 0 Å². The van der Waals surface area contributed by atoms with E-state index in [1.807, 2.05) is 6.07 Å². The molecule has 0 aromatic carbocycles. The first-order chi connectivity index (χ1) is 22.1. The highest BCUT2D eigenvalue weighted by atomic mass is 32.2. The van der Waals surface area contributed by atoms with Crippen LogP contribution in [0, 0.1) is 16.7 Å². The summed E-state index contributed by atoms with van der Waals surface area (Å²) in [6.45, 7) is 13.4. The Hall–Kier alpha value is -3.25. The SMILES string of the molecule is CC(C)(C)c1ccc2c(n1)N1C[C@@]3(CC3CC(CC(=O)NC3CC4(CCNCC4)C3)Nc3cccc(n3)S(=O)(=O)NC2=O)CC1(C)C. The summed E-state index contributed by atoms with van der Waals surface area (Å²) in [6.07, 6.45) is 7.39. The average molecular weight is 664 g/mol. The summed E-state index contributed by atoms with van der Waals surface area (Å²) in [4.78, 5) is 38.8. The number of fused-ring (bicyclic) bond motifs is 5. The number of sulfonamides is 1. The maximum atomic E-state index is 13.7. The number of pyridine rings is 2. The van der Waals surface area contributed by atoms with Crippen molar-refractivity contribution in [2.45, 2.75) is 114 Å². The highest BCUT2D eigenvalue weighted by Crippen LogP contribution is 2.65. The second-order valence-corrected chi connectivity index (χ2v) is 18.3. The van der Waals surface area contributed by atoms with Gasteiger partial charge in [0.1, 0.15) is 11.6 Å². The first-order valence-corrected chi connectivity index (χ1v) is 18.7. The third-order valence-electron chi connectivity index (χ3n) is 11.5. The lowest BCUT2D eigenvalue weighted by molar-refractivity contribution is -0.124. The third-order valence-corrected chi connectivity index (χ3v) is 12.7. The summed E-state index contributed by atoms with van der Waals surface area (Å²) in [6, 6.07) is 8.19. The topological polar surface area (TPSA) is 145 Å². The van der Waals surface area contributed by atoms with Gasteiger partial charge in [0.25, 0.3) is 15.9 Å². The highest BCUT2D eigenvalue weighted by molar-refractivity contribution is 7.90. The van der Waals surface area contributed by atoms with Crippen LogP contribution in [0.3, 0.4) is 0 Å². The van der Waals surface area contributed by atoms with Crippen LogP contribution in [-0.4, -0.2) is 67.5 Å². The quantitative estimate of drug-likeness (QED) is 0.381. The summed E-state index contributed by atoms with van der Waals surface area (Å²) < 4.78 is 29.3. The van der Waals surface area contributed by atoms with Gasteiger partial charge in [-0.2, -0.15) is 8.42 Å². The van der Waals surface area contributed by atoms with Crippen molar-refractivity contribution in [1.29, 1.82) is 0 Å². The van der Waals surface area contributed by atoms with E-state index in [0.717, 1.165) is 50.9 Å². The Bertz CT molecular complexity index is 1690. The zero-order valence-corrected chi connectivity index (χ0v) is 29.1. The summed E-state index contributed by atoms with van der Waals surface area (Å²) in [5, 5.41) is 9.90. The van der Waals surface area contributed by atoms with Crippen molar-refractivity contribution in [1.82, 2.24) is 25.3 Å². The smallest absolute Gasteiger partial charge is 0.281 e. The first kappa shape index (κ1) is 32.3. The van der Waals surface area contributed by atoms with Crippen molar-refractivity contribution < 1.29 is 18.0 Å². The molecule has 11 nitrogen and oxygen atoms in total. The Morgan fingerprint density at radius 1 is 1.06 bits per heavy atom. The van der Waals surface area contributed by atoms with E-state index in [4.69, 9.17) is 4.98 Å². The molecule has 7 rings (SSSR count). The fourth-order valence-corrected chi connectivity index (χ4v) is 9.85. The van der Waals surface area contributed by atoms with Crippen LogP contribution in [0.25, 0.3) is 0 Å². The van der Waals surface area contributed by atoms with Crippen LogP contribution in [0.4, 0.5) is 11.6 Å². The number of nitrogens with one attached hydrogen (secondary N) is 4. The number of carbonyl (C=O) groups is 2. The van der Waals surface area contributed by atoms with Crippen molar-refractivity contribution >= 4 is 33.5 Å². The van der Waals surface area contributed by atoms with Crippen LogP contribution in [0.15, 0.2) is 35.4 Å². The van der Waals surface area contributed by atoms with Crippen LogP contribution >= 0.6 is 0 Å². The first-order valence-electron chi connectivity index (χ1n) is 17.2. The number of aromatic nitrogens is 2. The lowest BCUT2D eigenvalue weighted by Gasteiger charge is -2.50. The van der Waals surface area contributed by atoms with Gasteiger partial charge in [0.15, 0.2) is 5.03 Å². The van der Waals surface area contributed by atoms with Gasteiger partial charge in [-0.3, -0.25) is 9.59 Å². The molecule has 4 fully saturated rings. The van der Waals surface area contributed by atoms with E-state index in [1.54, 1.807) is 18.2 Å². The molecule has 2 spiro atoms. The van der Waals surface area contributed by atoms with Gasteiger partial charge in [-0.05, 0) is 113 Å². The van der Waals surface area contributed by atoms with E-state index < -0.39 is 15.9 Å². The molecule has 2 unspecified atom stereocenters. The second kappa shape index (κ2) is 11.1. The molecule has 2 amide bonds. The minimum atomic E-state index is -4.30. The standard InChI is InChI=1S/C35H49N7O4S/c1-32(2,3)26-10-9-25-30(39-26)42-21-35(20-33(42,4)5)17-22(35)15-23(16-28(43)38-24-18-34(19-24)11-13-36-14-12-34)37-27-7-6-8-29(40-27)47(45,46)41-31(25)44/h6-10,22-24,36H,11-21H2,1-5H3,(H,37,40)(H,38,43)(H,41,44)/t22?,23?,35-/m1/s1. The van der Waals surface area contributed by atoms with Crippen molar-refractivity contribution in [3.63, 3.8) is 0 Å². The number of rotatable bonds is 3. The zero-order chi connectivity index (χ0) is 33.4. The molecular formula is C35H49N7O4S. The number of piperidine rings is 1. The lowest BCUT2D eigenvalue weighted by Crippen LogP contribution is -2.54. The summed E-state index contributed by atoms with van der Waals surface area (Å²) in [7, 11) is -4.30. The van der Waals surface area contributed by atoms with E-state index in [-0.39, 0.29) is 51.4 Å². The fourth-order valence-electron chi connectivity index (χ4n) is 8.91. The molecule has 254 valence electrons. The molecule has 2 saturated heterocycles. The van der Waals surface area contributed by atoms with Crippen molar-refractivity contribution in [3.8, 4) is 0 Å². The van der Waals surface area contributed by atoms with E-state index in [9.17, 15) is 18.0 Å². The zero-order valence-electron chi connectivity index (χ0n) is 28.3. The molecule has 12 heteroatoms. The van der Waals surface area contributed by atoms with Crippen LogP contribution < -0.4 is 25.6 Å². The molecule has 3 atom stereocenters. The van der Waals surface area contributed by atoms with Crippen molar-refractivity contribution in [2.75, 3.05) is 29.9 Å². The number of carbonyl (C=O) groups excluding carboxylic acids is 2. The predicted octanol–water partition coefficient (Wildman–Crippen LogP) is 4.11. The summed E-state index contributed by atoms with van der Waals surface area (Å²) in [5.41, 5.74) is 0.864. The van der Waals surface area contributed by atoms with Gasteiger partial charge in [-0.15, -0.1) is 0 Å². The minimum Gasteiger partial charge on any atom is -0.367 e. The molecule has 2 aromatic rings. The van der Waals surface area contributed by atoms with Gasteiger partial charge in [-0.1, -0.05) is 26.8 Å². The Labute approximate surface area is 278 Å². The van der Waals surface area contributed by atoms with E-state index in [0.29, 0.717) is 29.5 Å². The van der Waals surface area contributed by atoms with E-state index in [1.165, 1.54) is 18.9 Å². The monoisotopic (exact) mass is 663 g/mol. The van der Waals surface area contributed by atoms with Gasteiger partial charge in [0.05, 0.1) is 5.56 Å². The average Bonchev–Trinajstić information content (AvgIpc) is 3.54. The molecule has 0 radical (unpaired) electrons. The maximum Gasteiger partial charge on any atom is 0.281 e. The predicted molar refractivity (Wildman–Crippen MR) is 181 cm³/mol. The van der Waals surface area contributed by atoms with Gasteiger partial charge >= 0.3 is 0 Å². The van der Waals surface area contributed by atoms with Crippen molar-refractivity contribution in [2.24, 2.45) is 16.7 Å². The normalized spacial score (nSPS) is 29.2. The number of hydrogen-bond acceptors (Lipinski definition) is 9. The number of anilines is 2. The Kier molecular flexibility index (Phi) is 7.66. The summed E-state index contributed by atoms with van der Waals surface area (Å²) >= 11 is 0.